The molecule has 5 heteroatoms. The summed E-state index contributed by atoms with van der Waals surface area (Å²) >= 11 is 7.40. The molecule has 0 radical (unpaired) electrons. The van der Waals surface area contributed by atoms with Crippen LogP contribution in [0, 0.1) is 0 Å². The Labute approximate surface area is 114 Å². The Balaban J connectivity index is 2.04. The van der Waals surface area contributed by atoms with Crippen molar-refractivity contribution in [2.75, 3.05) is 7.11 Å². The Morgan fingerprint density at radius 1 is 1.50 bits per heavy atom. The molecule has 0 aliphatic heterocycles. The van der Waals surface area contributed by atoms with Crippen molar-refractivity contribution in [2.45, 2.75) is 12.8 Å². The zero-order valence-electron chi connectivity index (χ0n) is 9.85. The monoisotopic (exact) mass is 281 g/mol. The predicted molar refractivity (Wildman–Crippen MR) is 72.1 cm³/mol. The summed E-state index contributed by atoms with van der Waals surface area (Å²) in [4.78, 5) is 15.5. The lowest BCUT2D eigenvalue weighted by molar-refractivity contribution is -0.139. The lowest BCUT2D eigenvalue weighted by atomic mass is 10.1. The summed E-state index contributed by atoms with van der Waals surface area (Å²) in [6, 6.07) is 7.68. The van der Waals surface area contributed by atoms with Crippen molar-refractivity contribution >= 4 is 28.9 Å². The third kappa shape index (κ3) is 3.55. The van der Waals surface area contributed by atoms with Crippen LogP contribution in [-0.4, -0.2) is 18.1 Å². The first-order chi connectivity index (χ1) is 8.67. The number of nitrogens with zero attached hydrogens (tertiary/aromatic N) is 1. The molecule has 0 bridgehead atoms. The van der Waals surface area contributed by atoms with Crippen molar-refractivity contribution in [1.29, 1.82) is 0 Å². The average molecular weight is 282 g/mol. The summed E-state index contributed by atoms with van der Waals surface area (Å²) in [5, 5.41) is 3.45. The highest BCUT2D eigenvalue weighted by molar-refractivity contribution is 7.09. The number of carbonyl (C=O) groups excluding carboxylic acids is 1. The minimum atomic E-state index is -0.265. The largest absolute Gasteiger partial charge is 0.469 e. The molecule has 18 heavy (non-hydrogen) atoms. The van der Waals surface area contributed by atoms with Gasteiger partial charge in [-0.1, -0.05) is 23.7 Å². The number of hydrogen-bond donors (Lipinski definition) is 0. The first-order valence-electron chi connectivity index (χ1n) is 5.42. The fourth-order valence-corrected chi connectivity index (χ4v) is 2.56. The normalized spacial score (nSPS) is 10.3. The highest BCUT2D eigenvalue weighted by Crippen LogP contribution is 2.17. The SMILES string of the molecule is COC(=O)Cc1nc(Cc2cccc(Cl)c2)cs1. The van der Waals surface area contributed by atoms with Gasteiger partial charge in [-0.15, -0.1) is 11.3 Å². The molecule has 0 atom stereocenters. The van der Waals surface area contributed by atoms with Crippen LogP contribution >= 0.6 is 22.9 Å². The number of rotatable bonds is 4. The number of esters is 1. The highest BCUT2D eigenvalue weighted by Gasteiger charge is 2.08. The number of hydrogen-bond acceptors (Lipinski definition) is 4. The van der Waals surface area contributed by atoms with Crippen LogP contribution in [0.4, 0.5) is 0 Å². The van der Waals surface area contributed by atoms with Crippen LogP contribution in [0.2, 0.25) is 5.02 Å². The summed E-state index contributed by atoms with van der Waals surface area (Å²) in [6.45, 7) is 0. The van der Waals surface area contributed by atoms with Gasteiger partial charge in [0, 0.05) is 16.8 Å². The third-order valence-electron chi connectivity index (χ3n) is 2.40. The number of ether oxygens (including phenoxy) is 1. The number of aromatic nitrogens is 1. The van der Waals surface area contributed by atoms with Gasteiger partial charge in [0.05, 0.1) is 19.2 Å². The van der Waals surface area contributed by atoms with E-state index in [0.29, 0.717) is 0 Å². The van der Waals surface area contributed by atoms with E-state index in [1.807, 2.05) is 29.6 Å². The second-order valence-electron chi connectivity index (χ2n) is 3.79. The first-order valence-corrected chi connectivity index (χ1v) is 6.67. The molecule has 0 saturated heterocycles. The van der Waals surface area contributed by atoms with E-state index in [4.69, 9.17) is 11.6 Å². The minimum Gasteiger partial charge on any atom is -0.469 e. The van der Waals surface area contributed by atoms with Crippen molar-refractivity contribution in [3.8, 4) is 0 Å². The van der Waals surface area contributed by atoms with Crippen LogP contribution in [-0.2, 0) is 22.4 Å². The molecule has 1 heterocycles. The van der Waals surface area contributed by atoms with Gasteiger partial charge in [0.1, 0.15) is 5.01 Å². The van der Waals surface area contributed by atoms with Crippen LogP contribution in [0.1, 0.15) is 16.3 Å². The molecule has 2 rings (SSSR count). The Bertz CT molecular complexity index is 553. The fourth-order valence-electron chi connectivity index (χ4n) is 1.56. The van der Waals surface area contributed by atoms with E-state index in [1.54, 1.807) is 0 Å². The summed E-state index contributed by atoms with van der Waals surface area (Å²) in [6.07, 6.45) is 0.953. The maximum atomic E-state index is 11.1. The molecular formula is C13H12ClNO2S. The predicted octanol–water partition coefficient (Wildman–Crippen LogP) is 3.10. The maximum absolute atomic E-state index is 11.1. The summed E-state index contributed by atoms with van der Waals surface area (Å²) in [5.74, 6) is -0.265. The topological polar surface area (TPSA) is 39.2 Å². The van der Waals surface area contributed by atoms with E-state index in [1.165, 1.54) is 18.4 Å². The molecule has 0 saturated carbocycles. The Morgan fingerprint density at radius 2 is 2.33 bits per heavy atom. The van der Waals surface area contributed by atoms with Gasteiger partial charge in [-0.25, -0.2) is 4.98 Å². The zero-order valence-corrected chi connectivity index (χ0v) is 11.4. The van der Waals surface area contributed by atoms with Crippen molar-refractivity contribution in [3.05, 3.63) is 50.9 Å². The summed E-state index contributed by atoms with van der Waals surface area (Å²) in [5.41, 5.74) is 2.05. The van der Waals surface area contributed by atoms with Crippen molar-refractivity contribution in [2.24, 2.45) is 0 Å². The van der Waals surface area contributed by atoms with E-state index in [0.717, 1.165) is 27.7 Å². The van der Waals surface area contributed by atoms with Gasteiger partial charge in [-0.05, 0) is 17.7 Å². The Hall–Kier alpha value is -1.39. The van der Waals surface area contributed by atoms with Gasteiger partial charge < -0.3 is 4.74 Å². The quantitative estimate of drug-likeness (QED) is 0.809. The molecule has 0 N–H and O–H groups in total. The van der Waals surface area contributed by atoms with E-state index in [-0.39, 0.29) is 12.4 Å². The lowest BCUT2D eigenvalue weighted by Crippen LogP contribution is -2.04. The van der Waals surface area contributed by atoms with E-state index in [2.05, 4.69) is 9.72 Å². The molecule has 0 fully saturated rings. The summed E-state index contributed by atoms with van der Waals surface area (Å²) < 4.78 is 4.61. The van der Waals surface area contributed by atoms with Gasteiger partial charge in [0.15, 0.2) is 0 Å². The first kappa shape index (κ1) is 13.1. The second kappa shape index (κ2) is 5.98. The van der Waals surface area contributed by atoms with Crippen LogP contribution in [0.5, 0.6) is 0 Å². The molecule has 0 unspecified atom stereocenters. The highest BCUT2D eigenvalue weighted by atomic mass is 35.5. The molecule has 3 nitrogen and oxygen atoms in total. The van der Waals surface area contributed by atoms with Gasteiger partial charge in [-0.3, -0.25) is 4.79 Å². The fraction of sp³-hybridized carbons (Fsp3) is 0.231. The number of thiazole rings is 1. The molecule has 1 aromatic carbocycles. The van der Waals surface area contributed by atoms with Crippen LogP contribution in [0.15, 0.2) is 29.6 Å². The summed E-state index contributed by atoms with van der Waals surface area (Å²) in [7, 11) is 1.38. The van der Waals surface area contributed by atoms with Crippen molar-refractivity contribution < 1.29 is 9.53 Å². The van der Waals surface area contributed by atoms with Crippen molar-refractivity contribution in [1.82, 2.24) is 4.98 Å². The van der Waals surface area contributed by atoms with E-state index >= 15 is 0 Å². The average Bonchev–Trinajstić information content (AvgIpc) is 2.76. The third-order valence-corrected chi connectivity index (χ3v) is 3.53. The van der Waals surface area contributed by atoms with Gasteiger partial charge in [0.25, 0.3) is 0 Å². The maximum Gasteiger partial charge on any atom is 0.312 e. The Kier molecular flexibility index (Phi) is 4.33. The molecule has 1 aromatic heterocycles. The second-order valence-corrected chi connectivity index (χ2v) is 5.17. The van der Waals surface area contributed by atoms with Gasteiger partial charge in [-0.2, -0.15) is 0 Å². The molecule has 2 aromatic rings. The molecule has 0 aliphatic carbocycles. The van der Waals surface area contributed by atoms with Crippen molar-refractivity contribution in [3.63, 3.8) is 0 Å². The van der Waals surface area contributed by atoms with Crippen LogP contribution < -0.4 is 0 Å². The van der Waals surface area contributed by atoms with Crippen LogP contribution in [0.25, 0.3) is 0 Å². The van der Waals surface area contributed by atoms with E-state index < -0.39 is 0 Å². The standard InChI is InChI=1S/C13H12ClNO2S/c1-17-13(16)7-12-15-11(8-18-12)6-9-3-2-4-10(14)5-9/h2-5,8H,6-7H2,1H3. The number of benzene rings is 1. The lowest BCUT2D eigenvalue weighted by Gasteiger charge is -1.98. The van der Waals surface area contributed by atoms with E-state index in [9.17, 15) is 4.79 Å². The van der Waals surface area contributed by atoms with Gasteiger partial charge in [0.2, 0.25) is 0 Å². The number of methoxy groups -OCH3 is 1. The smallest absolute Gasteiger partial charge is 0.312 e. The van der Waals surface area contributed by atoms with Crippen LogP contribution in [0.3, 0.4) is 0 Å². The molecule has 0 spiro atoms. The Morgan fingerprint density at radius 3 is 3.06 bits per heavy atom. The number of halogens is 1. The molecule has 94 valence electrons. The van der Waals surface area contributed by atoms with Gasteiger partial charge >= 0.3 is 5.97 Å². The molecule has 0 amide bonds. The molecular weight excluding hydrogens is 270 g/mol. The molecule has 0 aliphatic rings. The minimum absolute atomic E-state index is 0.233. The zero-order chi connectivity index (χ0) is 13.0. The number of carbonyl (C=O) groups is 1.